The Labute approximate surface area is 117 Å². The van der Waals surface area contributed by atoms with E-state index in [4.69, 9.17) is 0 Å². The molecule has 2 heterocycles. The van der Waals surface area contributed by atoms with Gasteiger partial charge in [0, 0.05) is 18.5 Å². The van der Waals surface area contributed by atoms with Gasteiger partial charge in [-0.15, -0.1) is 0 Å². The first-order valence-corrected chi connectivity index (χ1v) is 8.75. The highest BCUT2D eigenvalue weighted by atomic mass is 32.2. The Morgan fingerprint density at radius 3 is 2.89 bits per heavy atom. The molecule has 5 nitrogen and oxygen atoms in total. The number of carbonyl (C=O) groups is 1. The summed E-state index contributed by atoms with van der Waals surface area (Å²) in [4.78, 5) is 13.7. The molecule has 1 fully saturated rings. The van der Waals surface area contributed by atoms with E-state index in [2.05, 4.69) is 16.2 Å². The second-order valence-electron chi connectivity index (χ2n) is 4.85. The van der Waals surface area contributed by atoms with Crippen LogP contribution in [0, 0.1) is 0 Å². The molecule has 1 amide bonds. The lowest BCUT2D eigenvalue weighted by Gasteiger charge is -2.21. The van der Waals surface area contributed by atoms with Crippen molar-refractivity contribution in [3.63, 3.8) is 0 Å². The van der Waals surface area contributed by atoms with Crippen molar-refractivity contribution in [1.29, 1.82) is 0 Å². The van der Waals surface area contributed by atoms with E-state index in [0.717, 1.165) is 6.42 Å². The molecule has 0 aromatic carbocycles. The Bertz CT molecular complexity index is 539. The smallest absolute Gasteiger partial charge is 0.239 e. The monoisotopic (exact) mass is 302 g/mol. The van der Waals surface area contributed by atoms with Crippen molar-refractivity contribution in [2.45, 2.75) is 25.3 Å². The second-order valence-corrected chi connectivity index (χ2v) is 7.55. The average Bonchev–Trinajstić information content (AvgIpc) is 2.96. The first-order valence-electron chi connectivity index (χ1n) is 6.15. The van der Waals surface area contributed by atoms with Crippen LogP contribution in [-0.2, 0) is 14.8 Å². The molecule has 2 atom stereocenters. The van der Waals surface area contributed by atoms with Gasteiger partial charge in [-0.2, -0.15) is 11.3 Å². The Kier molecular flexibility index (Phi) is 4.27. The molecule has 1 aromatic heterocycles. The van der Waals surface area contributed by atoms with Crippen molar-refractivity contribution < 1.29 is 13.2 Å². The van der Waals surface area contributed by atoms with E-state index < -0.39 is 15.8 Å². The maximum Gasteiger partial charge on any atom is 0.239 e. The predicted octanol–water partition coefficient (Wildman–Crippen LogP) is 1.00. The molecule has 19 heavy (non-hydrogen) atoms. The third kappa shape index (κ3) is 3.34. The van der Waals surface area contributed by atoms with Crippen molar-refractivity contribution in [3.8, 4) is 0 Å². The lowest BCUT2D eigenvalue weighted by molar-refractivity contribution is -0.128. The lowest BCUT2D eigenvalue weighted by atomic mass is 10.00. The molecule has 1 saturated heterocycles. The van der Waals surface area contributed by atoms with E-state index in [-0.39, 0.29) is 11.9 Å². The fraction of sp³-hybridized carbons (Fsp3) is 0.583. The fourth-order valence-corrected chi connectivity index (χ4v) is 3.82. The van der Waals surface area contributed by atoms with E-state index in [1.165, 1.54) is 12.6 Å². The van der Waals surface area contributed by atoms with E-state index in [9.17, 15) is 13.2 Å². The Balaban J connectivity index is 2.04. The lowest BCUT2D eigenvalue weighted by Crippen LogP contribution is -2.40. The number of carbonyl (C=O) groups excluding carboxylic acids is 1. The molecule has 0 saturated carbocycles. The van der Waals surface area contributed by atoms with Crippen LogP contribution in [0.5, 0.6) is 0 Å². The summed E-state index contributed by atoms with van der Waals surface area (Å²) in [6.45, 7) is 2.58. The van der Waals surface area contributed by atoms with Crippen LogP contribution >= 0.6 is 11.3 Å². The maximum absolute atomic E-state index is 12.1. The Morgan fingerprint density at radius 2 is 2.32 bits per heavy atom. The largest absolute Gasteiger partial charge is 0.338 e. The topological polar surface area (TPSA) is 66.5 Å². The molecule has 7 heteroatoms. The highest BCUT2D eigenvalue weighted by molar-refractivity contribution is 7.90. The zero-order valence-electron chi connectivity index (χ0n) is 11.0. The highest BCUT2D eigenvalue weighted by Gasteiger charge is 2.34. The zero-order valence-corrected chi connectivity index (χ0v) is 12.6. The molecular weight excluding hydrogens is 284 g/mol. The SMILES string of the molecule is CNS(=O)(=O)CC(=O)N1CC(c2ccsc2)CC1C. The quantitative estimate of drug-likeness (QED) is 0.902. The van der Waals surface area contributed by atoms with Crippen molar-refractivity contribution in [2.24, 2.45) is 0 Å². The number of sulfonamides is 1. The molecule has 0 aliphatic carbocycles. The van der Waals surface area contributed by atoms with Gasteiger partial charge in [-0.05, 0) is 42.8 Å². The number of hydrogen-bond acceptors (Lipinski definition) is 4. The van der Waals surface area contributed by atoms with Gasteiger partial charge in [0.2, 0.25) is 15.9 Å². The van der Waals surface area contributed by atoms with Crippen LogP contribution in [0.15, 0.2) is 16.8 Å². The minimum Gasteiger partial charge on any atom is -0.338 e. The van der Waals surface area contributed by atoms with Crippen LogP contribution in [0.4, 0.5) is 0 Å². The van der Waals surface area contributed by atoms with Gasteiger partial charge >= 0.3 is 0 Å². The average molecular weight is 302 g/mol. The number of amides is 1. The predicted molar refractivity (Wildman–Crippen MR) is 75.7 cm³/mol. The third-order valence-corrected chi connectivity index (χ3v) is 5.48. The fourth-order valence-electron chi connectivity index (χ4n) is 2.44. The van der Waals surface area contributed by atoms with Gasteiger partial charge in [-0.25, -0.2) is 13.1 Å². The van der Waals surface area contributed by atoms with E-state index in [1.807, 2.05) is 12.3 Å². The number of thiophene rings is 1. The van der Waals surface area contributed by atoms with Crippen molar-refractivity contribution >= 4 is 27.3 Å². The van der Waals surface area contributed by atoms with E-state index in [0.29, 0.717) is 12.5 Å². The van der Waals surface area contributed by atoms with Gasteiger partial charge in [0.15, 0.2) is 0 Å². The van der Waals surface area contributed by atoms with E-state index in [1.54, 1.807) is 16.2 Å². The van der Waals surface area contributed by atoms with Gasteiger partial charge in [0.25, 0.3) is 0 Å². The summed E-state index contributed by atoms with van der Waals surface area (Å²) in [6.07, 6.45) is 0.891. The van der Waals surface area contributed by atoms with Gasteiger partial charge in [0.1, 0.15) is 5.75 Å². The molecule has 0 radical (unpaired) electrons. The van der Waals surface area contributed by atoms with Gasteiger partial charge in [0.05, 0.1) is 0 Å². The summed E-state index contributed by atoms with van der Waals surface area (Å²) in [5.41, 5.74) is 1.24. The number of likely N-dealkylation sites (tertiary alicyclic amines) is 1. The minimum absolute atomic E-state index is 0.0875. The van der Waals surface area contributed by atoms with Crippen LogP contribution in [0.25, 0.3) is 0 Å². The van der Waals surface area contributed by atoms with Gasteiger partial charge < -0.3 is 4.90 Å². The summed E-state index contributed by atoms with van der Waals surface area (Å²) >= 11 is 1.64. The molecule has 0 bridgehead atoms. The molecule has 1 aliphatic rings. The summed E-state index contributed by atoms with van der Waals surface area (Å²) in [5.74, 6) is -0.466. The van der Waals surface area contributed by atoms with Gasteiger partial charge in [-0.3, -0.25) is 4.79 Å². The van der Waals surface area contributed by atoms with Crippen molar-refractivity contribution in [2.75, 3.05) is 19.3 Å². The molecule has 0 spiro atoms. The second kappa shape index (κ2) is 5.60. The van der Waals surface area contributed by atoms with Crippen LogP contribution in [0.2, 0.25) is 0 Å². The highest BCUT2D eigenvalue weighted by Crippen LogP contribution is 2.32. The molecule has 2 unspecified atom stereocenters. The van der Waals surface area contributed by atoms with Gasteiger partial charge in [-0.1, -0.05) is 0 Å². The number of rotatable bonds is 4. The standard InChI is InChI=1S/C12H18N2O3S2/c1-9-5-11(10-3-4-18-7-10)6-14(9)12(15)8-19(16,17)13-2/h3-4,7,9,11,13H,5-6,8H2,1-2H3. The molecule has 1 aromatic rings. The summed E-state index contributed by atoms with van der Waals surface area (Å²) in [5, 5.41) is 4.12. The number of nitrogens with one attached hydrogen (secondary N) is 1. The first-order chi connectivity index (χ1) is 8.93. The molecular formula is C12H18N2O3S2. The third-order valence-electron chi connectivity index (χ3n) is 3.53. The van der Waals surface area contributed by atoms with Crippen LogP contribution in [-0.4, -0.2) is 44.6 Å². The normalized spacial score (nSPS) is 23.8. The number of nitrogens with zero attached hydrogens (tertiary/aromatic N) is 1. The Morgan fingerprint density at radius 1 is 1.58 bits per heavy atom. The summed E-state index contributed by atoms with van der Waals surface area (Å²) < 4.78 is 25.0. The first kappa shape index (κ1) is 14.5. The van der Waals surface area contributed by atoms with Crippen LogP contribution in [0.1, 0.15) is 24.8 Å². The minimum atomic E-state index is -3.49. The van der Waals surface area contributed by atoms with Crippen LogP contribution < -0.4 is 4.72 Å². The van der Waals surface area contributed by atoms with Crippen molar-refractivity contribution in [3.05, 3.63) is 22.4 Å². The molecule has 1 N–H and O–H groups in total. The zero-order chi connectivity index (χ0) is 14.0. The maximum atomic E-state index is 12.1. The molecule has 1 aliphatic heterocycles. The van der Waals surface area contributed by atoms with E-state index >= 15 is 0 Å². The summed E-state index contributed by atoms with van der Waals surface area (Å²) in [7, 11) is -2.17. The Hall–Kier alpha value is -0.920. The molecule has 2 rings (SSSR count). The van der Waals surface area contributed by atoms with Crippen molar-refractivity contribution in [1.82, 2.24) is 9.62 Å². The molecule has 106 valence electrons. The summed E-state index contributed by atoms with van der Waals surface area (Å²) in [6, 6.07) is 2.16. The number of hydrogen-bond donors (Lipinski definition) is 1. The van der Waals surface area contributed by atoms with Crippen LogP contribution in [0.3, 0.4) is 0 Å².